The van der Waals surface area contributed by atoms with Crippen molar-refractivity contribution in [2.24, 2.45) is 0 Å². The second-order valence-electron chi connectivity index (χ2n) is 4.58. The highest BCUT2D eigenvalue weighted by atomic mass is 79.9. The molecule has 108 valence electrons. The highest BCUT2D eigenvalue weighted by Crippen LogP contribution is 2.40. The van der Waals surface area contributed by atoms with Crippen LogP contribution in [-0.4, -0.2) is 7.05 Å². The molecule has 1 N–H and O–H groups in total. The van der Waals surface area contributed by atoms with E-state index in [1.807, 2.05) is 13.1 Å². The van der Waals surface area contributed by atoms with Crippen LogP contribution in [0.4, 0.5) is 4.39 Å². The summed E-state index contributed by atoms with van der Waals surface area (Å²) < 4.78 is 14.0. The van der Waals surface area contributed by atoms with Crippen molar-refractivity contribution < 1.29 is 4.39 Å². The summed E-state index contributed by atoms with van der Waals surface area (Å²) in [6.45, 7) is 2.17. The highest BCUT2D eigenvalue weighted by Gasteiger charge is 2.16. The van der Waals surface area contributed by atoms with E-state index >= 15 is 0 Å². The molecule has 0 bridgehead atoms. The van der Waals surface area contributed by atoms with E-state index in [4.69, 9.17) is 11.6 Å². The number of hydrogen-bond donors (Lipinski definition) is 1. The molecule has 1 nitrogen and oxygen atoms in total. The Hall–Kier alpha value is -0.420. The second-order valence-corrected chi connectivity index (χ2v) is 6.95. The van der Waals surface area contributed by atoms with Crippen LogP contribution in [-0.2, 0) is 0 Å². The Morgan fingerprint density at radius 2 is 2.15 bits per heavy atom. The molecule has 0 spiro atoms. The van der Waals surface area contributed by atoms with Gasteiger partial charge in [-0.15, -0.1) is 11.3 Å². The first-order chi connectivity index (χ1) is 9.56. The third-order valence-electron chi connectivity index (χ3n) is 3.15. The van der Waals surface area contributed by atoms with Crippen molar-refractivity contribution in [1.29, 1.82) is 0 Å². The number of benzene rings is 1. The zero-order chi connectivity index (χ0) is 14.7. The maximum atomic E-state index is 13.3. The molecule has 2 aromatic rings. The molecule has 0 aliphatic carbocycles. The van der Waals surface area contributed by atoms with Crippen molar-refractivity contribution in [3.63, 3.8) is 0 Å². The minimum Gasteiger partial charge on any atom is -0.312 e. The van der Waals surface area contributed by atoms with Gasteiger partial charge >= 0.3 is 0 Å². The maximum Gasteiger partial charge on any atom is 0.125 e. The molecule has 0 fully saturated rings. The Labute approximate surface area is 136 Å². The van der Waals surface area contributed by atoms with Crippen LogP contribution in [0.1, 0.15) is 30.7 Å². The van der Waals surface area contributed by atoms with E-state index in [9.17, 15) is 4.39 Å². The number of hydrogen-bond acceptors (Lipinski definition) is 2. The Bertz CT molecular complexity index is 576. The summed E-state index contributed by atoms with van der Waals surface area (Å²) in [5.41, 5.74) is 0.857. The lowest BCUT2D eigenvalue weighted by Gasteiger charge is -2.12. The summed E-state index contributed by atoms with van der Waals surface area (Å²) in [6, 6.07) is 7.31. The molecule has 0 radical (unpaired) electrons. The van der Waals surface area contributed by atoms with Gasteiger partial charge in [-0.05, 0) is 53.7 Å². The van der Waals surface area contributed by atoms with Crippen LogP contribution in [0.15, 0.2) is 28.7 Å². The molecule has 5 heteroatoms. The van der Waals surface area contributed by atoms with Crippen LogP contribution >= 0.6 is 38.9 Å². The fourth-order valence-electron chi connectivity index (χ4n) is 2.17. The van der Waals surface area contributed by atoms with Crippen LogP contribution < -0.4 is 5.32 Å². The van der Waals surface area contributed by atoms with Crippen LogP contribution in [0.3, 0.4) is 0 Å². The number of nitrogens with one attached hydrogen (secondary N) is 1. The number of halogens is 3. The van der Waals surface area contributed by atoms with E-state index in [0.717, 1.165) is 23.3 Å². The maximum absolute atomic E-state index is 13.3. The summed E-state index contributed by atoms with van der Waals surface area (Å²) in [5.74, 6) is -0.332. The Kier molecular flexibility index (Phi) is 5.61. The molecule has 1 unspecified atom stereocenters. The first-order valence-corrected chi connectivity index (χ1v) is 8.47. The van der Waals surface area contributed by atoms with Gasteiger partial charge in [0.15, 0.2) is 0 Å². The zero-order valence-electron chi connectivity index (χ0n) is 11.3. The van der Waals surface area contributed by atoms with E-state index in [0.29, 0.717) is 15.5 Å². The van der Waals surface area contributed by atoms with Gasteiger partial charge in [-0.3, -0.25) is 0 Å². The Balaban J connectivity index is 2.38. The zero-order valence-corrected chi connectivity index (χ0v) is 14.5. The van der Waals surface area contributed by atoms with Crippen molar-refractivity contribution >= 4 is 38.9 Å². The molecule has 0 amide bonds. The first-order valence-electron chi connectivity index (χ1n) is 6.48. The third-order valence-corrected chi connectivity index (χ3v) is 5.29. The third kappa shape index (κ3) is 3.42. The predicted molar refractivity (Wildman–Crippen MR) is 89.1 cm³/mol. The summed E-state index contributed by atoms with van der Waals surface area (Å²) >= 11 is 11.3. The van der Waals surface area contributed by atoms with Crippen LogP contribution in [0, 0.1) is 5.82 Å². The van der Waals surface area contributed by atoms with E-state index in [1.165, 1.54) is 17.0 Å². The van der Waals surface area contributed by atoms with Gasteiger partial charge in [-0.2, -0.15) is 0 Å². The largest absolute Gasteiger partial charge is 0.312 e. The van der Waals surface area contributed by atoms with E-state index in [2.05, 4.69) is 34.2 Å². The molecular weight excluding hydrogens is 361 g/mol. The minimum absolute atomic E-state index is 0.332. The van der Waals surface area contributed by atoms with Gasteiger partial charge in [0.05, 0.1) is 5.02 Å². The van der Waals surface area contributed by atoms with Gasteiger partial charge in [0.25, 0.3) is 0 Å². The molecule has 1 atom stereocenters. The molecule has 0 saturated heterocycles. The molecule has 1 heterocycles. The SMILES string of the molecule is CCCC(NC)c1ccc(-c2c(Cl)cc(F)cc2Br)s1. The second kappa shape index (κ2) is 7.03. The first kappa shape index (κ1) is 16.0. The Morgan fingerprint density at radius 1 is 1.40 bits per heavy atom. The van der Waals surface area contributed by atoms with Crippen molar-refractivity contribution in [2.45, 2.75) is 25.8 Å². The normalized spacial score (nSPS) is 12.7. The van der Waals surface area contributed by atoms with Gasteiger partial charge < -0.3 is 5.32 Å². The van der Waals surface area contributed by atoms with Gasteiger partial charge in [0, 0.05) is 25.8 Å². The van der Waals surface area contributed by atoms with Crippen molar-refractivity contribution in [3.8, 4) is 10.4 Å². The number of thiophene rings is 1. The molecule has 0 aliphatic heterocycles. The van der Waals surface area contributed by atoms with Gasteiger partial charge in [-0.25, -0.2) is 4.39 Å². The van der Waals surface area contributed by atoms with E-state index < -0.39 is 0 Å². The summed E-state index contributed by atoms with van der Waals surface area (Å²) in [4.78, 5) is 2.32. The highest BCUT2D eigenvalue weighted by molar-refractivity contribution is 9.10. The Morgan fingerprint density at radius 3 is 2.75 bits per heavy atom. The number of rotatable bonds is 5. The van der Waals surface area contributed by atoms with Gasteiger partial charge in [0.1, 0.15) is 5.82 Å². The fourth-order valence-corrected chi connectivity index (χ4v) is 4.65. The lowest BCUT2D eigenvalue weighted by Crippen LogP contribution is -2.14. The van der Waals surface area contributed by atoms with Crippen molar-refractivity contribution in [2.75, 3.05) is 7.05 Å². The molecule has 0 saturated carbocycles. The predicted octanol–water partition coefficient (Wildman–Crippen LogP) is 6.03. The average Bonchev–Trinajstić information content (AvgIpc) is 2.84. The molecule has 2 rings (SSSR count). The quantitative estimate of drug-likeness (QED) is 0.671. The van der Waals surface area contributed by atoms with Crippen LogP contribution in [0.2, 0.25) is 5.02 Å². The molecular formula is C15H16BrClFNS. The molecule has 1 aromatic heterocycles. The summed E-state index contributed by atoms with van der Waals surface area (Å²) in [5, 5.41) is 3.76. The fraction of sp³-hybridized carbons (Fsp3) is 0.333. The standard InChI is InChI=1S/C15H16BrClFNS/c1-3-4-12(19-2)13-5-6-14(20-13)15-10(16)7-9(18)8-11(15)17/h5-8,12,19H,3-4H2,1-2H3. The molecule has 20 heavy (non-hydrogen) atoms. The topological polar surface area (TPSA) is 12.0 Å². The van der Waals surface area contributed by atoms with E-state index in [1.54, 1.807) is 11.3 Å². The van der Waals surface area contributed by atoms with Gasteiger partial charge in [-0.1, -0.05) is 24.9 Å². The minimum atomic E-state index is -0.332. The summed E-state index contributed by atoms with van der Waals surface area (Å²) in [7, 11) is 1.97. The van der Waals surface area contributed by atoms with Gasteiger partial charge in [0.2, 0.25) is 0 Å². The van der Waals surface area contributed by atoms with Crippen molar-refractivity contribution in [1.82, 2.24) is 5.32 Å². The molecule has 0 aliphatic rings. The monoisotopic (exact) mass is 375 g/mol. The van der Waals surface area contributed by atoms with E-state index in [-0.39, 0.29) is 5.82 Å². The van der Waals surface area contributed by atoms with Crippen molar-refractivity contribution in [3.05, 3.63) is 44.5 Å². The smallest absolute Gasteiger partial charge is 0.125 e. The lowest BCUT2D eigenvalue weighted by atomic mass is 10.1. The lowest BCUT2D eigenvalue weighted by molar-refractivity contribution is 0.550. The average molecular weight is 377 g/mol. The van der Waals surface area contributed by atoms with Crippen LogP contribution in [0.5, 0.6) is 0 Å². The summed E-state index contributed by atoms with van der Waals surface area (Å²) in [6.07, 6.45) is 2.22. The van der Waals surface area contributed by atoms with Crippen LogP contribution in [0.25, 0.3) is 10.4 Å². The molecule has 1 aromatic carbocycles.